The molecule has 3 nitrogen and oxygen atoms in total. The standard InChI is InChI=1S/C15H19F2NO2/c1-11(12-6-4-3-5-7-12)18-9-8-15(16,17)10-13(18)14(19)20-2/h3-7,11,13H,8-10H2,1-2H3/t11-,13?/m0/s1. The van der Waals surface area contributed by atoms with Gasteiger partial charge < -0.3 is 4.74 Å². The van der Waals surface area contributed by atoms with Crippen LogP contribution in [0.1, 0.15) is 31.4 Å². The predicted octanol–water partition coefficient (Wildman–Crippen LogP) is 3.02. The summed E-state index contributed by atoms with van der Waals surface area (Å²) in [4.78, 5) is 13.6. The Morgan fingerprint density at radius 1 is 1.40 bits per heavy atom. The molecule has 1 aromatic rings. The molecule has 1 saturated heterocycles. The zero-order valence-corrected chi connectivity index (χ0v) is 11.7. The summed E-state index contributed by atoms with van der Waals surface area (Å²) in [5.74, 6) is -3.39. The molecule has 0 aliphatic carbocycles. The van der Waals surface area contributed by atoms with E-state index >= 15 is 0 Å². The fourth-order valence-corrected chi connectivity index (χ4v) is 2.69. The average Bonchev–Trinajstić information content (AvgIpc) is 2.45. The molecule has 1 aliphatic rings. The number of likely N-dealkylation sites (tertiary alicyclic amines) is 1. The summed E-state index contributed by atoms with van der Waals surface area (Å²) in [6, 6.07) is 8.58. The number of nitrogens with zero attached hydrogens (tertiary/aromatic N) is 1. The molecule has 0 saturated carbocycles. The van der Waals surface area contributed by atoms with E-state index in [1.54, 1.807) is 4.90 Å². The van der Waals surface area contributed by atoms with E-state index in [0.29, 0.717) is 0 Å². The zero-order chi connectivity index (χ0) is 14.8. The largest absolute Gasteiger partial charge is 0.468 e. The first-order valence-electron chi connectivity index (χ1n) is 6.71. The van der Waals surface area contributed by atoms with Gasteiger partial charge in [-0.15, -0.1) is 0 Å². The topological polar surface area (TPSA) is 29.5 Å². The molecule has 0 aromatic heterocycles. The number of halogens is 2. The number of carbonyl (C=O) groups excluding carboxylic acids is 1. The molecule has 0 amide bonds. The van der Waals surface area contributed by atoms with Crippen LogP contribution in [0.3, 0.4) is 0 Å². The van der Waals surface area contributed by atoms with Gasteiger partial charge in [0, 0.05) is 25.4 Å². The molecule has 0 bridgehead atoms. The van der Waals surface area contributed by atoms with Gasteiger partial charge in [-0.2, -0.15) is 0 Å². The van der Waals surface area contributed by atoms with Gasteiger partial charge in [0.1, 0.15) is 6.04 Å². The van der Waals surface area contributed by atoms with Crippen molar-refractivity contribution in [2.24, 2.45) is 0 Å². The van der Waals surface area contributed by atoms with Crippen molar-refractivity contribution in [2.75, 3.05) is 13.7 Å². The molecular formula is C15H19F2NO2. The summed E-state index contributed by atoms with van der Waals surface area (Å²) in [7, 11) is 1.24. The van der Waals surface area contributed by atoms with Crippen LogP contribution in [0.25, 0.3) is 0 Å². The highest BCUT2D eigenvalue weighted by atomic mass is 19.3. The quantitative estimate of drug-likeness (QED) is 0.799. The minimum Gasteiger partial charge on any atom is -0.468 e. The number of rotatable bonds is 3. The van der Waals surface area contributed by atoms with E-state index < -0.39 is 24.4 Å². The molecule has 1 unspecified atom stereocenters. The first kappa shape index (κ1) is 14.9. The van der Waals surface area contributed by atoms with Gasteiger partial charge in [0.05, 0.1) is 7.11 Å². The van der Waals surface area contributed by atoms with Crippen LogP contribution in [-0.4, -0.2) is 36.5 Å². The van der Waals surface area contributed by atoms with E-state index in [1.165, 1.54) is 7.11 Å². The lowest BCUT2D eigenvalue weighted by atomic mass is 9.94. The fraction of sp³-hybridized carbons (Fsp3) is 0.533. The maximum Gasteiger partial charge on any atom is 0.323 e. The smallest absolute Gasteiger partial charge is 0.323 e. The van der Waals surface area contributed by atoms with Crippen molar-refractivity contribution in [3.05, 3.63) is 35.9 Å². The summed E-state index contributed by atoms with van der Waals surface area (Å²) in [6.07, 6.45) is -0.700. The molecule has 1 fully saturated rings. The molecular weight excluding hydrogens is 264 g/mol. The van der Waals surface area contributed by atoms with Crippen molar-refractivity contribution in [1.82, 2.24) is 4.90 Å². The lowest BCUT2D eigenvalue weighted by Gasteiger charge is -2.41. The van der Waals surface area contributed by atoms with E-state index in [2.05, 4.69) is 4.74 Å². The van der Waals surface area contributed by atoms with Gasteiger partial charge in [-0.1, -0.05) is 30.3 Å². The second kappa shape index (κ2) is 5.87. The van der Waals surface area contributed by atoms with Crippen LogP contribution in [0.4, 0.5) is 8.78 Å². The summed E-state index contributed by atoms with van der Waals surface area (Å²) in [5.41, 5.74) is 1.01. The number of hydrogen-bond donors (Lipinski definition) is 0. The summed E-state index contributed by atoms with van der Waals surface area (Å²) in [6.45, 7) is 2.11. The summed E-state index contributed by atoms with van der Waals surface area (Å²) < 4.78 is 31.8. The van der Waals surface area contributed by atoms with Crippen molar-refractivity contribution >= 4 is 5.97 Å². The fourth-order valence-electron chi connectivity index (χ4n) is 2.69. The van der Waals surface area contributed by atoms with Crippen LogP contribution in [0.15, 0.2) is 30.3 Å². The molecule has 5 heteroatoms. The Balaban J connectivity index is 2.22. The van der Waals surface area contributed by atoms with Gasteiger partial charge in [0.25, 0.3) is 5.92 Å². The van der Waals surface area contributed by atoms with Crippen LogP contribution in [0.2, 0.25) is 0 Å². The van der Waals surface area contributed by atoms with Crippen molar-refractivity contribution in [3.8, 4) is 0 Å². The number of methoxy groups -OCH3 is 1. The Morgan fingerprint density at radius 2 is 2.05 bits per heavy atom. The highest BCUT2D eigenvalue weighted by Gasteiger charge is 2.45. The van der Waals surface area contributed by atoms with E-state index in [-0.39, 0.29) is 19.0 Å². The second-order valence-electron chi connectivity index (χ2n) is 5.17. The van der Waals surface area contributed by atoms with E-state index in [4.69, 9.17) is 0 Å². The summed E-state index contributed by atoms with van der Waals surface area (Å²) >= 11 is 0. The molecule has 2 rings (SSSR count). The Bertz CT molecular complexity index is 464. The lowest BCUT2D eigenvalue weighted by Crippen LogP contribution is -2.52. The number of ether oxygens (including phenoxy) is 1. The first-order chi connectivity index (χ1) is 9.44. The lowest BCUT2D eigenvalue weighted by molar-refractivity contribution is -0.159. The van der Waals surface area contributed by atoms with Gasteiger partial charge in [-0.05, 0) is 12.5 Å². The third-order valence-corrected chi connectivity index (χ3v) is 3.88. The van der Waals surface area contributed by atoms with Crippen LogP contribution in [0.5, 0.6) is 0 Å². The Labute approximate surface area is 117 Å². The van der Waals surface area contributed by atoms with Gasteiger partial charge in [-0.3, -0.25) is 9.69 Å². The number of hydrogen-bond acceptors (Lipinski definition) is 3. The van der Waals surface area contributed by atoms with Gasteiger partial charge in [-0.25, -0.2) is 8.78 Å². The molecule has 2 atom stereocenters. The molecule has 20 heavy (non-hydrogen) atoms. The monoisotopic (exact) mass is 283 g/mol. The second-order valence-corrected chi connectivity index (χ2v) is 5.17. The van der Waals surface area contributed by atoms with Crippen LogP contribution < -0.4 is 0 Å². The molecule has 0 N–H and O–H groups in total. The third kappa shape index (κ3) is 3.15. The molecule has 1 aromatic carbocycles. The third-order valence-electron chi connectivity index (χ3n) is 3.88. The minimum atomic E-state index is -2.80. The Kier molecular flexibility index (Phi) is 4.38. The van der Waals surface area contributed by atoms with Crippen molar-refractivity contribution < 1.29 is 18.3 Å². The van der Waals surface area contributed by atoms with Crippen LogP contribution >= 0.6 is 0 Å². The Morgan fingerprint density at radius 3 is 2.65 bits per heavy atom. The van der Waals surface area contributed by atoms with Gasteiger partial charge in [0.2, 0.25) is 0 Å². The van der Waals surface area contributed by atoms with Gasteiger partial charge >= 0.3 is 5.97 Å². The van der Waals surface area contributed by atoms with Crippen molar-refractivity contribution in [3.63, 3.8) is 0 Å². The number of esters is 1. The predicted molar refractivity (Wildman–Crippen MR) is 71.5 cm³/mol. The average molecular weight is 283 g/mol. The highest BCUT2D eigenvalue weighted by Crippen LogP contribution is 2.36. The Hall–Kier alpha value is -1.49. The number of carbonyl (C=O) groups is 1. The molecule has 110 valence electrons. The van der Waals surface area contributed by atoms with Crippen LogP contribution in [0, 0.1) is 0 Å². The van der Waals surface area contributed by atoms with E-state index in [1.807, 2.05) is 37.3 Å². The van der Waals surface area contributed by atoms with Crippen molar-refractivity contribution in [2.45, 2.75) is 37.8 Å². The SMILES string of the molecule is COC(=O)C1CC(F)(F)CCN1[C@@H](C)c1ccccc1. The molecule has 0 radical (unpaired) electrons. The maximum atomic E-state index is 13.6. The zero-order valence-electron chi connectivity index (χ0n) is 11.7. The first-order valence-corrected chi connectivity index (χ1v) is 6.71. The number of benzene rings is 1. The molecule has 1 heterocycles. The summed E-state index contributed by atoms with van der Waals surface area (Å²) in [5, 5.41) is 0. The van der Waals surface area contributed by atoms with Crippen LogP contribution in [-0.2, 0) is 9.53 Å². The number of alkyl halides is 2. The number of piperidine rings is 1. The van der Waals surface area contributed by atoms with E-state index in [0.717, 1.165) is 5.56 Å². The minimum absolute atomic E-state index is 0.101. The van der Waals surface area contributed by atoms with Gasteiger partial charge in [0.15, 0.2) is 0 Å². The maximum absolute atomic E-state index is 13.6. The molecule has 0 spiro atoms. The van der Waals surface area contributed by atoms with E-state index in [9.17, 15) is 13.6 Å². The normalized spacial score (nSPS) is 24.1. The molecule has 1 aliphatic heterocycles. The highest BCUT2D eigenvalue weighted by molar-refractivity contribution is 5.76. The van der Waals surface area contributed by atoms with Crippen molar-refractivity contribution in [1.29, 1.82) is 0 Å².